The largest absolute Gasteiger partial charge is 0.497 e. The molecule has 0 radical (unpaired) electrons. The van der Waals surface area contributed by atoms with Crippen LogP contribution in [0.3, 0.4) is 0 Å². The molecule has 0 heterocycles. The van der Waals surface area contributed by atoms with Crippen molar-refractivity contribution in [3.8, 4) is 17.2 Å². The fraction of sp³-hybridized carbons (Fsp3) is 0.174. The molecular weight excluding hydrogens is 374 g/mol. The van der Waals surface area contributed by atoms with Crippen LogP contribution >= 0.6 is 11.6 Å². The van der Waals surface area contributed by atoms with E-state index in [2.05, 4.69) is 12.2 Å². The highest BCUT2D eigenvalue weighted by Gasteiger charge is 2.11. The highest BCUT2D eigenvalue weighted by Crippen LogP contribution is 2.32. The Hall–Kier alpha value is -2.98. The van der Waals surface area contributed by atoms with Crippen LogP contribution in [0.25, 0.3) is 0 Å². The molecule has 28 heavy (non-hydrogen) atoms. The second-order valence-electron chi connectivity index (χ2n) is 6.31. The summed E-state index contributed by atoms with van der Waals surface area (Å²) in [5.41, 5.74) is 2.72. The first-order valence-electron chi connectivity index (χ1n) is 9.06. The van der Waals surface area contributed by atoms with Crippen LogP contribution in [0.5, 0.6) is 17.2 Å². The maximum Gasteiger partial charge on any atom is 0.228 e. The number of anilines is 1. The van der Waals surface area contributed by atoms with Gasteiger partial charge in [0.05, 0.1) is 19.2 Å². The topological polar surface area (TPSA) is 47.6 Å². The van der Waals surface area contributed by atoms with Crippen molar-refractivity contribution in [2.24, 2.45) is 0 Å². The summed E-state index contributed by atoms with van der Waals surface area (Å²) < 4.78 is 11.1. The molecule has 0 aliphatic heterocycles. The molecule has 144 valence electrons. The predicted molar refractivity (Wildman–Crippen MR) is 113 cm³/mol. The van der Waals surface area contributed by atoms with Gasteiger partial charge < -0.3 is 14.8 Å². The van der Waals surface area contributed by atoms with E-state index < -0.39 is 0 Å². The molecule has 1 N–H and O–H groups in total. The highest BCUT2D eigenvalue weighted by atomic mass is 35.5. The van der Waals surface area contributed by atoms with Gasteiger partial charge in [-0.1, -0.05) is 42.8 Å². The van der Waals surface area contributed by atoms with Crippen LogP contribution in [0, 0.1) is 0 Å². The summed E-state index contributed by atoms with van der Waals surface area (Å²) >= 11 is 6.11. The maximum atomic E-state index is 12.5. The van der Waals surface area contributed by atoms with Gasteiger partial charge in [0.15, 0.2) is 5.75 Å². The van der Waals surface area contributed by atoms with Crippen molar-refractivity contribution in [3.63, 3.8) is 0 Å². The zero-order valence-electron chi connectivity index (χ0n) is 15.9. The summed E-state index contributed by atoms with van der Waals surface area (Å²) in [5.74, 6) is 1.76. The van der Waals surface area contributed by atoms with E-state index in [-0.39, 0.29) is 12.3 Å². The number of methoxy groups -OCH3 is 1. The quantitative estimate of drug-likeness (QED) is 0.543. The summed E-state index contributed by atoms with van der Waals surface area (Å²) in [6.45, 7) is 2.10. The molecule has 4 nitrogen and oxygen atoms in total. The molecule has 5 heteroatoms. The Labute approximate surface area is 170 Å². The zero-order valence-corrected chi connectivity index (χ0v) is 16.6. The Morgan fingerprint density at radius 3 is 2.21 bits per heavy atom. The molecule has 0 aliphatic carbocycles. The summed E-state index contributed by atoms with van der Waals surface area (Å²) in [5, 5.41) is 3.42. The predicted octanol–water partition coefficient (Wildman–Crippen LogP) is 5.88. The molecule has 0 saturated heterocycles. The maximum absolute atomic E-state index is 12.5. The third-order valence-electron chi connectivity index (χ3n) is 4.30. The molecule has 3 aromatic carbocycles. The SMILES string of the molecule is CCc1ccc(CC(=O)Nc2cc(Cl)ccc2Oc2ccc(OC)cc2)cc1. The summed E-state index contributed by atoms with van der Waals surface area (Å²) in [6, 6.07) is 20.4. The molecule has 0 fully saturated rings. The van der Waals surface area contributed by atoms with Crippen molar-refractivity contribution in [3.05, 3.63) is 82.9 Å². The lowest BCUT2D eigenvalue weighted by Gasteiger charge is -2.13. The Morgan fingerprint density at radius 1 is 0.929 bits per heavy atom. The van der Waals surface area contributed by atoms with Crippen LogP contribution in [0.1, 0.15) is 18.1 Å². The van der Waals surface area contributed by atoms with Crippen molar-refractivity contribution in [1.29, 1.82) is 0 Å². The number of carbonyl (C=O) groups is 1. The average Bonchev–Trinajstić information content (AvgIpc) is 2.71. The third kappa shape index (κ3) is 5.27. The van der Waals surface area contributed by atoms with Crippen LogP contribution < -0.4 is 14.8 Å². The zero-order chi connectivity index (χ0) is 19.9. The lowest BCUT2D eigenvalue weighted by atomic mass is 10.1. The van der Waals surface area contributed by atoms with E-state index in [1.807, 2.05) is 36.4 Å². The lowest BCUT2D eigenvalue weighted by Crippen LogP contribution is -2.15. The number of hydrogen-bond acceptors (Lipinski definition) is 3. The normalized spacial score (nSPS) is 10.4. The second-order valence-corrected chi connectivity index (χ2v) is 6.75. The Kier molecular flexibility index (Phi) is 6.56. The van der Waals surface area contributed by atoms with E-state index in [0.717, 1.165) is 17.7 Å². The third-order valence-corrected chi connectivity index (χ3v) is 4.53. The Morgan fingerprint density at radius 2 is 1.57 bits per heavy atom. The number of aryl methyl sites for hydroxylation is 1. The van der Waals surface area contributed by atoms with Gasteiger partial charge in [0, 0.05) is 5.02 Å². The van der Waals surface area contributed by atoms with Crippen LogP contribution in [0.2, 0.25) is 5.02 Å². The first kappa shape index (κ1) is 19.8. The number of nitrogens with one attached hydrogen (secondary N) is 1. The first-order chi connectivity index (χ1) is 13.6. The minimum Gasteiger partial charge on any atom is -0.497 e. The van der Waals surface area contributed by atoms with Crippen LogP contribution in [0.15, 0.2) is 66.7 Å². The van der Waals surface area contributed by atoms with Crippen molar-refractivity contribution in [2.75, 3.05) is 12.4 Å². The van der Waals surface area contributed by atoms with Gasteiger partial charge in [-0.15, -0.1) is 0 Å². The summed E-state index contributed by atoms with van der Waals surface area (Å²) in [6.07, 6.45) is 1.25. The minimum atomic E-state index is -0.133. The summed E-state index contributed by atoms with van der Waals surface area (Å²) in [7, 11) is 1.61. The van der Waals surface area contributed by atoms with E-state index >= 15 is 0 Å². The number of benzene rings is 3. The fourth-order valence-corrected chi connectivity index (χ4v) is 2.90. The number of halogens is 1. The Bertz CT molecular complexity index is 937. The fourth-order valence-electron chi connectivity index (χ4n) is 2.73. The van der Waals surface area contributed by atoms with Crippen molar-refractivity contribution in [2.45, 2.75) is 19.8 Å². The number of hydrogen-bond donors (Lipinski definition) is 1. The molecular formula is C23H22ClNO3. The number of amides is 1. The number of carbonyl (C=O) groups excluding carboxylic acids is 1. The van der Waals surface area contributed by atoms with Gasteiger partial charge in [0.25, 0.3) is 0 Å². The molecule has 0 aliphatic rings. The number of rotatable bonds is 7. The lowest BCUT2D eigenvalue weighted by molar-refractivity contribution is -0.115. The molecule has 0 bridgehead atoms. The van der Waals surface area contributed by atoms with E-state index in [1.165, 1.54) is 5.56 Å². The molecule has 0 unspecified atom stereocenters. The molecule has 1 amide bonds. The van der Waals surface area contributed by atoms with E-state index in [4.69, 9.17) is 21.1 Å². The van der Waals surface area contributed by atoms with Gasteiger partial charge in [0.1, 0.15) is 11.5 Å². The monoisotopic (exact) mass is 395 g/mol. The van der Waals surface area contributed by atoms with E-state index in [9.17, 15) is 4.79 Å². The first-order valence-corrected chi connectivity index (χ1v) is 9.44. The van der Waals surface area contributed by atoms with Gasteiger partial charge in [-0.25, -0.2) is 0 Å². The molecule has 0 aromatic heterocycles. The van der Waals surface area contributed by atoms with Gasteiger partial charge in [-0.3, -0.25) is 4.79 Å². The second kappa shape index (κ2) is 9.29. The van der Waals surface area contributed by atoms with Gasteiger partial charge in [-0.05, 0) is 60.0 Å². The average molecular weight is 396 g/mol. The van der Waals surface area contributed by atoms with E-state index in [0.29, 0.717) is 22.2 Å². The molecule has 0 atom stereocenters. The van der Waals surface area contributed by atoms with Crippen molar-refractivity contribution >= 4 is 23.2 Å². The van der Waals surface area contributed by atoms with Crippen molar-refractivity contribution in [1.82, 2.24) is 0 Å². The molecule has 3 rings (SSSR count). The Balaban J connectivity index is 1.72. The van der Waals surface area contributed by atoms with E-state index in [1.54, 1.807) is 37.4 Å². The molecule has 3 aromatic rings. The smallest absolute Gasteiger partial charge is 0.228 e. The van der Waals surface area contributed by atoms with Crippen LogP contribution in [-0.2, 0) is 17.6 Å². The minimum absolute atomic E-state index is 0.133. The van der Waals surface area contributed by atoms with Gasteiger partial charge in [0.2, 0.25) is 5.91 Å². The van der Waals surface area contributed by atoms with Crippen LogP contribution in [0.4, 0.5) is 5.69 Å². The summed E-state index contributed by atoms with van der Waals surface area (Å²) in [4.78, 5) is 12.5. The van der Waals surface area contributed by atoms with Gasteiger partial charge in [-0.2, -0.15) is 0 Å². The van der Waals surface area contributed by atoms with Crippen molar-refractivity contribution < 1.29 is 14.3 Å². The standard InChI is InChI=1S/C23H22ClNO3/c1-3-16-4-6-17(7-5-16)14-23(26)25-21-15-18(24)8-13-22(21)28-20-11-9-19(27-2)10-12-20/h4-13,15H,3,14H2,1-2H3,(H,25,26). The molecule has 0 spiro atoms. The van der Waals surface area contributed by atoms with Gasteiger partial charge >= 0.3 is 0 Å². The highest BCUT2D eigenvalue weighted by molar-refractivity contribution is 6.31. The molecule has 0 saturated carbocycles. The number of ether oxygens (including phenoxy) is 2. The van der Waals surface area contributed by atoms with Crippen LogP contribution in [-0.4, -0.2) is 13.0 Å².